The van der Waals surface area contributed by atoms with Crippen molar-refractivity contribution in [3.8, 4) is 17.1 Å². The summed E-state index contributed by atoms with van der Waals surface area (Å²) in [7, 11) is 0. The van der Waals surface area contributed by atoms with Gasteiger partial charge in [-0.3, -0.25) is 4.68 Å². The third-order valence-electron chi connectivity index (χ3n) is 3.17. The van der Waals surface area contributed by atoms with Crippen molar-refractivity contribution in [1.82, 2.24) is 9.78 Å². The van der Waals surface area contributed by atoms with Gasteiger partial charge in [-0.2, -0.15) is 0 Å². The molecular weight excluding hydrogens is 236 g/mol. The van der Waals surface area contributed by atoms with Crippen LogP contribution in [0.15, 0.2) is 30.3 Å². The molecule has 3 nitrogen and oxygen atoms in total. The Balaban J connectivity index is 2.68. The van der Waals surface area contributed by atoms with E-state index in [-0.39, 0.29) is 11.3 Å². The Morgan fingerprint density at radius 2 is 1.79 bits per heavy atom. The molecule has 1 aromatic heterocycles. The Labute approximate surface area is 114 Å². The topological polar surface area (TPSA) is 38.0 Å². The van der Waals surface area contributed by atoms with Crippen LogP contribution in [0.3, 0.4) is 0 Å². The minimum absolute atomic E-state index is 0.138. The Bertz CT molecular complexity index is 550. The van der Waals surface area contributed by atoms with E-state index in [4.69, 9.17) is 0 Å². The molecule has 2 rings (SSSR count). The quantitative estimate of drug-likeness (QED) is 0.904. The Morgan fingerprint density at radius 1 is 1.16 bits per heavy atom. The Morgan fingerprint density at radius 3 is 2.32 bits per heavy atom. The maximum Gasteiger partial charge on any atom is 0.234 e. The minimum atomic E-state index is -0.138. The summed E-state index contributed by atoms with van der Waals surface area (Å²) in [6.07, 6.45) is 0.991. The van der Waals surface area contributed by atoms with Crippen molar-refractivity contribution in [2.75, 3.05) is 0 Å². The van der Waals surface area contributed by atoms with Crippen LogP contribution in [0.5, 0.6) is 5.88 Å². The molecule has 0 aliphatic heterocycles. The number of aryl methyl sites for hydroxylation is 1. The average molecular weight is 258 g/mol. The highest BCUT2D eigenvalue weighted by Gasteiger charge is 2.28. The van der Waals surface area contributed by atoms with E-state index in [1.807, 2.05) is 22.9 Å². The van der Waals surface area contributed by atoms with E-state index in [2.05, 4.69) is 44.9 Å². The molecule has 0 aliphatic carbocycles. The fraction of sp³-hybridized carbons (Fsp3) is 0.438. The summed E-state index contributed by atoms with van der Waals surface area (Å²) in [5, 5.41) is 14.5. The van der Waals surface area contributed by atoms with Gasteiger partial charge in [-0.25, -0.2) is 0 Å². The average Bonchev–Trinajstić information content (AvgIpc) is 2.67. The zero-order valence-electron chi connectivity index (χ0n) is 12.1. The first-order chi connectivity index (χ1) is 8.95. The maximum atomic E-state index is 10.2. The van der Waals surface area contributed by atoms with Gasteiger partial charge in [0.05, 0.1) is 5.69 Å². The normalized spacial score (nSPS) is 11.8. The van der Waals surface area contributed by atoms with E-state index in [1.54, 1.807) is 0 Å². The number of hydrogen-bond acceptors (Lipinski definition) is 2. The number of aromatic nitrogens is 2. The lowest BCUT2D eigenvalue weighted by Crippen LogP contribution is -2.13. The van der Waals surface area contributed by atoms with Gasteiger partial charge in [0.2, 0.25) is 5.88 Å². The molecule has 0 spiro atoms. The summed E-state index contributed by atoms with van der Waals surface area (Å²) in [6.45, 7) is 9.24. The highest BCUT2D eigenvalue weighted by Crippen LogP contribution is 2.38. The third-order valence-corrected chi connectivity index (χ3v) is 3.17. The van der Waals surface area contributed by atoms with E-state index in [9.17, 15) is 5.11 Å². The van der Waals surface area contributed by atoms with Gasteiger partial charge in [-0.05, 0) is 11.8 Å². The summed E-state index contributed by atoms with van der Waals surface area (Å²) >= 11 is 0. The molecular formula is C16H22N2O. The lowest BCUT2D eigenvalue weighted by molar-refractivity contribution is 0.420. The standard InChI is InChI=1S/C16H22N2O/c1-5-11-18-14(12-9-7-6-8-10-12)13(15(19)17-18)16(2,3)4/h6-10H,5,11H2,1-4H3,(H,17,19). The summed E-state index contributed by atoms with van der Waals surface area (Å²) in [4.78, 5) is 0. The predicted molar refractivity (Wildman–Crippen MR) is 78.3 cm³/mol. The molecule has 0 saturated carbocycles. The second-order valence-electron chi connectivity index (χ2n) is 5.89. The Hall–Kier alpha value is -1.77. The highest BCUT2D eigenvalue weighted by molar-refractivity contribution is 5.67. The van der Waals surface area contributed by atoms with Crippen LogP contribution < -0.4 is 0 Å². The number of nitrogens with zero attached hydrogens (tertiary/aromatic N) is 2. The van der Waals surface area contributed by atoms with Gasteiger partial charge < -0.3 is 5.11 Å². The van der Waals surface area contributed by atoms with E-state index in [0.717, 1.165) is 29.8 Å². The summed E-state index contributed by atoms with van der Waals surface area (Å²) in [5.41, 5.74) is 2.93. The molecule has 0 saturated heterocycles. The third kappa shape index (κ3) is 2.65. The van der Waals surface area contributed by atoms with Crippen molar-refractivity contribution in [1.29, 1.82) is 0 Å². The SMILES string of the molecule is CCCn1nc(O)c(C(C)(C)C)c1-c1ccccc1. The molecule has 0 amide bonds. The van der Waals surface area contributed by atoms with Crippen LogP contribution in [0.1, 0.15) is 39.7 Å². The first kappa shape index (κ1) is 13.7. The number of hydrogen-bond donors (Lipinski definition) is 1. The molecule has 1 heterocycles. The van der Waals surface area contributed by atoms with Crippen molar-refractivity contribution in [2.24, 2.45) is 0 Å². The molecule has 0 unspecified atom stereocenters. The van der Waals surface area contributed by atoms with Crippen LogP contribution in [0.4, 0.5) is 0 Å². The number of benzene rings is 1. The minimum Gasteiger partial charge on any atom is -0.492 e. The zero-order valence-corrected chi connectivity index (χ0v) is 12.1. The summed E-state index contributed by atoms with van der Waals surface area (Å²) < 4.78 is 1.92. The molecule has 0 fully saturated rings. The van der Waals surface area contributed by atoms with Gasteiger partial charge >= 0.3 is 0 Å². The van der Waals surface area contributed by atoms with Gasteiger partial charge in [0.1, 0.15) is 0 Å². The van der Waals surface area contributed by atoms with Crippen LogP contribution in [-0.2, 0) is 12.0 Å². The molecule has 1 N–H and O–H groups in total. The van der Waals surface area contributed by atoms with Crippen molar-refractivity contribution < 1.29 is 5.11 Å². The smallest absolute Gasteiger partial charge is 0.234 e. The summed E-state index contributed by atoms with van der Waals surface area (Å²) in [6, 6.07) is 10.2. The first-order valence-corrected chi connectivity index (χ1v) is 6.80. The van der Waals surface area contributed by atoms with Crippen molar-refractivity contribution >= 4 is 0 Å². The molecule has 0 radical (unpaired) electrons. The molecule has 0 aliphatic rings. The molecule has 3 heteroatoms. The van der Waals surface area contributed by atoms with Crippen molar-refractivity contribution in [3.63, 3.8) is 0 Å². The lowest BCUT2D eigenvalue weighted by Gasteiger charge is -2.20. The maximum absolute atomic E-state index is 10.2. The van der Waals surface area contributed by atoms with Gasteiger partial charge in [0.25, 0.3) is 0 Å². The van der Waals surface area contributed by atoms with Crippen molar-refractivity contribution in [2.45, 2.75) is 46.1 Å². The Kier molecular flexibility index (Phi) is 3.65. The zero-order chi connectivity index (χ0) is 14.0. The van der Waals surface area contributed by atoms with Crippen LogP contribution in [0.2, 0.25) is 0 Å². The molecule has 2 aromatic rings. The van der Waals surface area contributed by atoms with E-state index >= 15 is 0 Å². The van der Waals surface area contributed by atoms with Crippen LogP contribution >= 0.6 is 0 Å². The lowest BCUT2D eigenvalue weighted by atomic mass is 9.85. The largest absolute Gasteiger partial charge is 0.492 e. The molecule has 0 atom stereocenters. The summed E-state index contributed by atoms with van der Waals surface area (Å²) in [5.74, 6) is 0.153. The number of rotatable bonds is 3. The fourth-order valence-corrected chi connectivity index (χ4v) is 2.40. The van der Waals surface area contributed by atoms with Crippen molar-refractivity contribution in [3.05, 3.63) is 35.9 Å². The van der Waals surface area contributed by atoms with Gasteiger partial charge in [-0.1, -0.05) is 58.0 Å². The van der Waals surface area contributed by atoms with Gasteiger partial charge in [0, 0.05) is 17.7 Å². The van der Waals surface area contributed by atoms with Crippen LogP contribution in [0, 0.1) is 0 Å². The predicted octanol–water partition coefficient (Wildman–Crippen LogP) is 3.96. The molecule has 19 heavy (non-hydrogen) atoms. The monoisotopic (exact) mass is 258 g/mol. The molecule has 0 bridgehead atoms. The molecule has 102 valence electrons. The second-order valence-corrected chi connectivity index (χ2v) is 5.89. The number of aromatic hydroxyl groups is 1. The van der Waals surface area contributed by atoms with E-state index in [1.165, 1.54) is 0 Å². The van der Waals surface area contributed by atoms with Crippen LogP contribution in [0.25, 0.3) is 11.3 Å². The highest BCUT2D eigenvalue weighted by atomic mass is 16.3. The van der Waals surface area contributed by atoms with E-state index < -0.39 is 0 Å². The first-order valence-electron chi connectivity index (χ1n) is 6.80. The van der Waals surface area contributed by atoms with E-state index in [0.29, 0.717) is 0 Å². The second kappa shape index (κ2) is 5.08. The van der Waals surface area contributed by atoms with Gasteiger partial charge in [-0.15, -0.1) is 5.10 Å². The van der Waals surface area contributed by atoms with Gasteiger partial charge in [0.15, 0.2) is 0 Å². The molecule has 1 aromatic carbocycles. The fourth-order valence-electron chi connectivity index (χ4n) is 2.40. The van der Waals surface area contributed by atoms with Crippen LogP contribution in [-0.4, -0.2) is 14.9 Å².